The maximum absolute atomic E-state index is 12.5. The molecule has 0 aliphatic carbocycles. The normalized spacial score (nSPS) is 10.6. The van der Waals surface area contributed by atoms with Gasteiger partial charge in [-0.15, -0.1) is 0 Å². The van der Waals surface area contributed by atoms with Crippen molar-refractivity contribution in [1.29, 1.82) is 0 Å². The van der Waals surface area contributed by atoms with E-state index in [2.05, 4.69) is 15.7 Å². The highest BCUT2D eigenvalue weighted by Crippen LogP contribution is 2.27. The number of carbonyl (C=O) groups excluding carboxylic acids is 2. The number of aromatic nitrogens is 2. The molecule has 2 N–H and O–H groups in total. The number of benzene rings is 2. The van der Waals surface area contributed by atoms with Gasteiger partial charge in [0.05, 0.1) is 21.4 Å². The molecule has 3 rings (SSSR count). The number of amides is 2. The van der Waals surface area contributed by atoms with Gasteiger partial charge in [0.2, 0.25) is 0 Å². The van der Waals surface area contributed by atoms with Crippen LogP contribution in [0.4, 0.5) is 11.4 Å². The first kappa shape index (κ1) is 20.5. The minimum atomic E-state index is -0.525. The number of anilines is 2. The van der Waals surface area contributed by atoms with Crippen molar-refractivity contribution in [1.82, 2.24) is 9.78 Å². The summed E-state index contributed by atoms with van der Waals surface area (Å²) in [5.74, 6) is -1.01. The van der Waals surface area contributed by atoms with Crippen LogP contribution in [-0.4, -0.2) is 21.6 Å². The van der Waals surface area contributed by atoms with Crippen LogP contribution in [0.1, 0.15) is 21.0 Å². The number of aryl methyl sites for hydroxylation is 1. The second kappa shape index (κ2) is 8.41. The monoisotopic (exact) mass is 456 g/mol. The molecule has 0 spiro atoms. The van der Waals surface area contributed by atoms with Crippen molar-refractivity contribution < 1.29 is 9.59 Å². The lowest BCUT2D eigenvalue weighted by Crippen LogP contribution is -2.16. The van der Waals surface area contributed by atoms with Gasteiger partial charge in [-0.1, -0.05) is 46.4 Å². The van der Waals surface area contributed by atoms with E-state index < -0.39 is 11.8 Å². The first-order valence-electron chi connectivity index (χ1n) is 7.81. The van der Waals surface area contributed by atoms with Crippen LogP contribution in [0.3, 0.4) is 0 Å². The summed E-state index contributed by atoms with van der Waals surface area (Å²) in [5.41, 5.74) is 0.969. The van der Waals surface area contributed by atoms with Gasteiger partial charge in [0.15, 0.2) is 5.69 Å². The van der Waals surface area contributed by atoms with Gasteiger partial charge >= 0.3 is 0 Å². The molecule has 10 heteroatoms. The summed E-state index contributed by atoms with van der Waals surface area (Å²) in [5, 5.41) is 10.8. The minimum Gasteiger partial charge on any atom is -0.319 e. The molecule has 6 nitrogen and oxygen atoms in total. The fourth-order valence-corrected chi connectivity index (χ4v) is 3.26. The van der Waals surface area contributed by atoms with E-state index in [1.807, 2.05) is 0 Å². The Morgan fingerprint density at radius 3 is 1.82 bits per heavy atom. The molecule has 1 aromatic heterocycles. The molecular formula is C18H12Cl4N4O2. The van der Waals surface area contributed by atoms with Gasteiger partial charge in [0.1, 0.15) is 5.69 Å². The summed E-state index contributed by atoms with van der Waals surface area (Å²) < 4.78 is 1.29. The first-order valence-corrected chi connectivity index (χ1v) is 9.32. The van der Waals surface area contributed by atoms with E-state index in [-0.39, 0.29) is 16.4 Å². The van der Waals surface area contributed by atoms with E-state index in [0.717, 1.165) is 0 Å². The number of rotatable bonds is 4. The van der Waals surface area contributed by atoms with Gasteiger partial charge in [-0.25, -0.2) is 0 Å². The Morgan fingerprint density at radius 2 is 1.32 bits per heavy atom. The number of hydrogen-bond donors (Lipinski definition) is 2. The molecule has 1 heterocycles. The third-order valence-corrected chi connectivity index (χ3v) is 4.80. The zero-order chi connectivity index (χ0) is 20.4. The third-order valence-electron chi connectivity index (χ3n) is 3.70. The van der Waals surface area contributed by atoms with Crippen molar-refractivity contribution in [3.8, 4) is 0 Å². The van der Waals surface area contributed by atoms with Crippen LogP contribution in [0.2, 0.25) is 20.1 Å². The topological polar surface area (TPSA) is 76.0 Å². The molecule has 144 valence electrons. The van der Waals surface area contributed by atoms with Crippen molar-refractivity contribution in [3.05, 3.63) is 73.9 Å². The zero-order valence-electron chi connectivity index (χ0n) is 14.3. The van der Waals surface area contributed by atoms with Gasteiger partial charge in [-0.05, 0) is 36.4 Å². The van der Waals surface area contributed by atoms with Crippen LogP contribution < -0.4 is 10.6 Å². The molecule has 2 amide bonds. The van der Waals surface area contributed by atoms with Gasteiger partial charge < -0.3 is 10.6 Å². The lowest BCUT2D eigenvalue weighted by Gasteiger charge is -2.07. The van der Waals surface area contributed by atoms with Gasteiger partial charge in [-0.2, -0.15) is 5.10 Å². The van der Waals surface area contributed by atoms with Crippen molar-refractivity contribution >= 4 is 69.6 Å². The van der Waals surface area contributed by atoms with Crippen LogP contribution in [0.5, 0.6) is 0 Å². The van der Waals surface area contributed by atoms with Crippen LogP contribution >= 0.6 is 46.4 Å². The molecule has 0 radical (unpaired) electrons. The highest BCUT2D eigenvalue weighted by atomic mass is 35.5. The number of hydrogen-bond acceptors (Lipinski definition) is 3. The number of carbonyl (C=O) groups is 2. The first-order chi connectivity index (χ1) is 13.2. The van der Waals surface area contributed by atoms with Crippen LogP contribution in [0.25, 0.3) is 0 Å². The van der Waals surface area contributed by atoms with Crippen LogP contribution in [0, 0.1) is 0 Å². The third kappa shape index (κ3) is 4.59. The van der Waals surface area contributed by atoms with E-state index in [0.29, 0.717) is 26.4 Å². The molecule has 28 heavy (non-hydrogen) atoms. The highest BCUT2D eigenvalue weighted by Gasteiger charge is 2.19. The van der Waals surface area contributed by atoms with Crippen molar-refractivity contribution in [2.24, 2.45) is 7.05 Å². The molecule has 0 saturated heterocycles. The molecule has 0 aliphatic rings. The second-order valence-corrected chi connectivity index (χ2v) is 7.38. The molecule has 0 fully saturated rings. The predicted molar refractivity (Wildman–Crippen MR) is 112 cm³/mol. The van der Waals surface area contributed by atoms with Crippen molar-refractivity contribution in [2.45, 2.75) is 0 Å². The van der Waals surface area contributed by atoms with E-state index in [9.17, 15) is 9.59 Å². The Hall–Kier alpha value is -2.25. The lowest BCUT2D eigenvalue weighted by atomic mass is 10.2. The summed E-state index contributed by atoms with van der Waals surface area (Å²) in [6, 6.07) is 10.7. The molecule has 0 aliphatic heterocycles. The second-order valence-electron chi connectivity index (χ2n) is 5.70. The van der Waals surface area contributed by atoms with Crippen molar-refractivity contribution in [2.75, 3.05) is 10.6 Å². The van der Waals surface area contributed by atoms with Gasteiger partial charge in [0.25, 0.3) is 11.8 Å². The molecule has 0 bridgehead atoms. The Kier molecular flexibility index (Phi) is 6.15. The zero-order valence-corrected chi connectivity index (χ0v) is 17.3. The highest BCUT2D eigenvalue weighted by molar-refractivity contribution is 6.37. The summed E-state index contributed by atoms with van der Waals surface area (Å²) >= 11 is 23.8. The van der Waals surface area contributed by atoms with Crippen LogP contribution in [-0.2, 0) is 7.05 Å². The average Bonchev–Trinajstić information content (AvgIpc) is 3.02. The molecule has 0 unspecified atom stereocenters. The van der Waals surface area contributed by atoms with E-state index in [1.165, 1.54) is 22.9 Å². The summed E-state index contributed by atoms with van der Waals surface area (Å²) in [6.07, 6.45) is 0. The largest absolute Gasteiger partial charge is 0.319 e. The molecule has 2 aromatic carbocycles. The fraction of sp³-hybridized carbons (Fsp3) is 0.0556. The maximum atomic E-state index is 12.5. The van der Waals surface area contributed by atoms with Crippen molar-refractivity contribution in [3.63, 3.8) is 0 Å². The van der Waals surface area contributed by atoms with Gasteiger partial charge in [-0.3, -0.25) is 14.3 Å². The molecule has 0 atom stereocenters. The van der Waals surface area contributed by atoms with E-state index in [4.69, 9.17) is 46.4 Å². The van der Waals surface area contributed by atoms with E-state index in [1.54, 1.807) is 31.3 Å². The van der Waals surface area contributed by atoms with Crippen LogP contribution in [0.15, 0.2) is 42.5 Å². The quantitative estimate of drug-likeness (QED) is 0.540. The van der Waals surface area contributed by atoms with E-state index >= 15 is 0 Å². The lowest BCUT2D eigenvalue weighted by molar-refractivity contribution is 0.101. The fourth-order valence-electron chi connectivity index (χ4n) is 2.35. The Labute approximate surface area is 180 Å². The Morgan fingerprint density at radius 1 is 0.821 bits per heavy atom. The SMILES string of the molecule is Cn1nc(C(=O)Nc2ccc(Cl)cc2Cl)cc1C(=O)Nc1ccc(Cl)cc1Cl. The minimum absolute atomic E-state index is 0.0425. The number of nitrogens with one attached hydrogen (secondary N) is 2. The smallest absolute Gasteiger partial charge is 0.276 e. The molecule has 3 aromatic rings. The molecule has 0 saturated carbocycles. The number of halogens is 4. The predicted octanol–water partition coefficient (Wildman–Crippen LogP) is 5.54. The Balaban J connectivity index is 1.78. The maximum Gasteiger partial charge on any atom is 0.276 e. The summed E-state index contributed by atoms with van der Waals surface area (Å²) in [7, 11) is 1.55. The summed E-state index contributed by atoms with van der Waals surface area (Å²) in [4.78, 5) is 25.0. The number of nitrogens with zero attached hydrogens (tertiary/aromatic N) is 2. The average molecular weight is 458 g/mol. The Bertz CT molecular complexity index is 1080. The standard InChI is InChI=1S/C18H12Cl4N4O2/c1-26-16(18(28)24-14-5-3-10(20)7-12(14)22)8-15(25-26)17(27)23-13-4-2-9(19)6-11(13)21/h2-8H,1H3,(H,23,27)(H,24,28). The summed E-state index contributed by atoms with van der Waals surface area (Å²) in [6.45, 7) is 0. The van der Waals surface area contributed by atoms with Gasteiger partial charge in [0, 0.05) is 23.2 Å². The molecular weight excluding hydrogens is 446 g/mol.